The van der Waals surface area contributed by atoms with Crippen molar-refractivity contribution in [2.75, 3.05) is 17.5 Å². The van der Waals surface area contributed by atoms with Gasteiger partial charge in [0.1, 0.15) is 24.2 Å². The van der Waals surface area contributed by atoms with Gasteiger partial charge in [-0.3, -0.25) is 13.9 Å². The van der Waals surface area contributed by atoms with Gasteiger partial charge in [-0.05, 0) is 101 Å². The molecule has 11 heteroatoms. The van der Waals surface area contributed by atoms with E-state index in [1.807, 2.05) is 27.7 Å². The zero-order valence-electron chi connectivity index (χ0n) is 23.7. The summed E-state index contributed by atoms with van der Waals surface area (Å²) in [6.07, 6.45) is 0. The van der Waals surface area contributed by atoms with Gasteiger partial charge in [0, 0.05) is 17.1 Å². The quantitative estimate of drug-likeness (QED) is 0.316. The highest BCUT2D eigenvalue weighted by molar-refractivity contribution is 7.92. The zero-order valence-corrected chi connectivity index (χ0v) is 25.3. The molecular weight excluding hydrogens is 569 g/mol. The van der Waals surface area contributed by atoms with E-state index in [2.05, 4.69) is 5.32 Å². The van der Waals surface area contributed by atoms with E-state index in [1.165, 1.54) is 17.0 Å². The molecule has 2 amide bonds. The van der Waals surface area contributed by atoms with Crippen molar-refractivity contribution in [2.45, 2.75) is 57.6 Å². The topological polar surface area (TPSA) is 96.0 Å². The smallest absolute Gasteiger partial charge is 0.264 e. The Balaban J connectivity index is 2.04. The highest BCUT2D eigenvalue weighted by atomic mass is 35.5. The minimum absolute atomic E-state index is 0.00579. The van der Waals surface area contributed by atoms with E-state index in [0.717, 1.165) is 28.6 Å². The lowest BCUT2D eigenvalue weighted by molar-refractivity contribution is -0.140. The summed E-state index contributed by atoms with van der Waals surface area (Å²) in [5.74, 6) is -1.10. The molecule has 8 nitrogen and oxygen atoms in total. The molecule has 220 valence electrons. The molecule has 0 saturated heterocycles. The predicted octanol–water partition coefficient (Wildman–Crippen LogP) is 5.41. The van der Waals surface area contributed by atoms with Crippen molar-refractivity contribution in [3.8, 4) is 5.75 Å². The van der Waals surface area contributed by atoms with Crippen molar-refractivity contribution in [1.29, 1.82) is 0 Å². The van der Waals surface area contributed by atoms with Crippen molar-refractivity contribution in [3.63, 3.8) is 0 Å². The normalized spacial score (nSPS) is 12.4. The van der Waals surface area contributed by atoms with Gasteiger partial charge in [0.15, 0.2) is 0 Å². The number of nitrogens with zero attached hydrogens (tertiary/aromatic N) is 2. The lowest BCUT2D eigenvalue weighted by Gasteiger charge is -2.33. The van der Waals surface area contributed by atoms with Crippen molar-refractivity contribution in [1.82, 2.24) is 10.2 Å². The Hall–Kier alpha value is -3.63. The minimum atomic E-state index is -4.32. The number of ether oxygens (including phenoxy) is 1. The fourth-order valence-corrected chi connectivity index (χ4v) is 5.65. The van der Waals surface area contributed by atoms with Crippen molar-refractivity contribution >= 4 is 39.1 Å². The highest BCUT2D eigenvalue weighted by Crippen LogP contribution is 2.27. The summed E-state index contributed by atoms with van der Waals surface area (Å²) in [6.45, 7) is 8.68. The maximum absolute atomic E-state index is 14.0. The van der Waals surface area contributed by atoms with Crippen LogP contribution >= 0.6 is 11.6 Å². The molecule has 0 aliphatic heterocycles. The summed E-state index contributed by atoms with van der Waals surface area (Å²) in [7, 11) is -4.32. The second-order valence-corrected chi connectivity index (χ2v) is 12.8. The van der Waals surface area contributed by atoms with Gasteiger partial charge in [-0.1, -0.05) is 23.7 Å². The van der Waals surface area contributed by atoms with Gasteiger partial charge in [-0.25, -0.2) is 12.8 Å². The molecule has 1 unspecified atom stereocenters. The number of rotatable bonds is 11. The number of carbonyl (C=O) groups is 2. The molecule has 1 N–H and O–H groups in total. The number of halogens is 2. The lowest BCUT2D eigenvalue weighted by atomic mass is 10.1. The predicted molar refractivity (Wildman–Crippen MR) is 158 cm³/mol. The average Bonchev–Trinajstić information content (AvgIpc) is 2.90. The lowest BCUT2D eigenvalue weighted by Crippen LogP contribution is -2.54. The Kier molecular flexibility index (Phi) is 10.4. The molecule has 0 heterocycles. The fraction of sp³-hybridized carbons (Fsp3) is 0.333. The number of anilines is 1. The first-order valence-electron chi connectivity index (χ1n) is 13.1. The number of hydrogen-bond donors (Lipinski definition) is 1. The molecule has 0 aromatic heterocycles. The van der Waals surface area contributed by atoms with Gasteiger partial charge < -0.3 is 15.0 Å². The monoisotopic (exact) mass is 603 g/mol. The Morgan fingerprint density at radius 3 is 2.22 bits per heavy atom. The fourth-order valence-electron chi connectivity index (χ4n) is 4.03. The summed E-state index contributed by atoms with van der Waals surface area (Å²) in [5, 5.41) is 3.33. The molecule has 3 rings (SSSR count). The van der Waals surface area contributed by atoms with E-state index >= 15 is 0 Å². The zero-order chi connectivity index (χ0) is 30.4. The van der Waals surface area contributed by atoms with E-state index < -0.39 is 45.8 Å². The number of sulfonamides is 1. The third-order valence-corrected chi connectivity index (χ3v) is 8.05. The maximum Gasteiger partial charge on any atom is 0.264 e. The Labute approximate surface area is 246 Å². The molecule has 0 fully saturated rings. The molecule has 0 saturated carbocycles. The van der Waals surface area contributed by atoms with Crippen LogP contribution in [0.3, 0.4) is 0 Å². The first kappa shape index (κ1) is 31.9. The second kappa shape index (κ2) is 13.4. The first-order chi connectivity index (χ1) is 19.2. The van der Waals surface area contributed by atoms with Crippen molar-refractivity contribution in [3.05, 3.63) is 89.2 Å². The first-order valence-corrected chi connectivity index (χ1v) is 14.9. The van der Waals surface area contributed by atoms with Crippen LogP contribution in [0.1, 0.15) is 40.2 Å². The SMILES string of the molecule is CCOc1ccc(N(CC(=O)N(Cc2cccc(Cl)c2)C(C)C(=O)NC(C)(C)C)S(=O)(=O)c2ccc(F)cc2)cc1. The summed E-state index contributed by atoms with van der Waals surface area (Å²) in [6, 6.07) is 16.5. The molecule has 0 aliphatic carbocycles. The molecular formula is C30H35ClFN3O5S. The van der Waals surface area contributed by atoms with E-state index in [1.54, 1.807) is 43.3 Å². The summed E-state index contributed by atoms with van der Waals surface area (Å²) in [5.41, 5.74) is 0.298. The van der Waals surface area contributed by atoms with Crippen LogP contribution in [0.25, 0.3) is 0 Å². The Morgan fingerprint density at radius 2 is 1.66 bits per heavy atom. The average molecular weight is 604 g/mol. The van der Waals surface area contributed by atoms with Crippen LogP contribution in [0.2, 0.25) is 5.02 Å². The van der Waals surface area contributed by atoms with Gasteiger partial charge >= 0.3 is 0 Å². The molecule has 0 spiro atoms. The van der Waals surface area contributed by atoms with Gasteiger partial charge in [0.2, 0.25) is 11.8 Å². The number of hydrogen-bond acceptors (Lipinski definition) is 5. The molecule has 41 heavy (non-hydrogen) atoms. The van der Waals surface area contributed by atoms with Crippen LogP contribution in [-0.4, -0.2) is 49.9 Å². The second-order valence-electron chi connectivity index (χ2n) is 10.5. The van der Waals surface area contributed by atoms with E-state index in [-0.39, 0.29) is 17.1 Å². The molecule has 0 aliphatic rings. The number of amides is 2. The number of nitrogens with one attached hydrogen (secondary N) is 1. The third kappa shape index (κ3) is 8.68. The van der Waals surface area contributed by atoms with Crippen LogP contribution < -0.4 is 14.4 Å². The van der Waals surface area contributed by atoms with Gasteiger partial charge in [-0.2, -0.15) is 0 Å². The Morgan fingerprint density at radius 1 is 1.02 bits per heavy atom. The van der Waals surface area contributed by atoms with Crippen LogP contribution in [0.15, 0.2) is 77.7 Å². The van der Waals surface area contributed by atoms with Gasteiger partial charge in [0.25, 0.3) is 10.0 Å². The van der Waals surface area contributed by atoms with E-state index in [4.69, 9.17) is 16.3 Å². The van der Waals surface area contributed by atoms with Crippen LogP contribution in [0, 0.1) is 5.82 Å². The standard InChI is InChI=1S/C30H35ClFN3O5S/c1-6-40-26-14-12-25(13-15-26)35(41(38,39)27-16-10-24(32)11-17-27)20-28(36)34(19-22-8-7-9-23(31)18-22)21(2)29(37)33-30(3,4)5/h7-18,21H,6,19-20H2,1-5H3,(H,33,37). The third-order valence-electron chi connectivity index (χ3n) is 6.02. The maximum atomic E-state index is 14.0. The van der Waals surface area contributed by atoms with Crippen LogP contribution in [-0.2, 0) is 26.2 Å². The number of carbonyl (C=O) groups excluding carboxylic acids is 2. The minimum Gasteiger partial charge on any atom is -0.494 e. The van der Waals surface area contributed by atoms with Crippen LogP contribution in [0.4, 0.5) is 10.1 Å². The molecule has 0 bridgehead atoms. The Bertz CT molecular complexity index is 1460. The molecule has 1 atom stereocenters. The van der Waals surface area contributed by atoms with Crippen molar-refractivity contribution < 1.29 is 27.1 Å². The highest BCUT2D eigenvalue weighted by Gasteiger charge is 2.33. The number of benzene rings is 3. The largest absolute Gasteiger partial charge is 0.494 e. The van der Waals surface area contributed by atoms with Crippen molar-refractivity contribution in [2.24, 2.45) is 0 Å². The summed E-state index contributed by atoms with van der Waals surface area (Å²) in [4.78, 5) is 28.2. The molecule has 3 aromatic carbocycles. The van der Waals surface area contributed by atoms with E-state index in [0.29, 0.717) is 22.9 Å². The molecule has 0 radical (unpaired) electrons. The van der Waals surface area contributed by atoms with E-state index in [9.17, 15) is 22.4 Å². The summed E-state index contributed by atoms with van der Waals surface area (Å²) >= 11 is 6.17. The van der Waals surface area contributed by atoms with Gasteiger partial charge in [0.05, 0.1) is 17.2 Å². The summed E-state index contributed by atoms with van der Waals surface area (Å²) < 4.78 is 47.7. The van der Waals surface area contributed by atoms with Gasteiger partial charge in [-0.15, -0.1) is 0 Å². The molecule has 3 aromatic rings. The van der Waals surface area contributed by atoms with Crippen LogP contribution in [0.5, 0.6) is 5.75 Å².